The molecule has 1 heteroatoms. The van der Waals surface area contributed by atoms with Crippen molar-refractivity contribution in [1.29, 1.82) is 0 Å². The third-order valence-electron chi connectivity index (χ3n) is 1.12. The second-order valence-corrected chi connectivity index (χ2v) is 1.94. The summed E-state index contributed by atoms with van der Waals surface area (Å²) in [6.45, 7) is 8.22. The van der Waals surface area contributed by atoms with Gasteiger partial charge in [0.1, 0.15) is 0 Å². The SMILES string of the molecule is C=CCCCCNC=C. The van der Waals surface area contributed by atoms with Crippen molar-refractivity contribution in [2.24, 2.45) is 0 Å². The lowest BCUT2D eigenvalue weighted by molar-refractivity contribution is 0.705. The Balaban J connectivity index is 2.74. The molecule has 1 nitrogen and oxygen atoms in total. The first kappa shape index (κ1) is 8.28. The Morgan fingerprint density at radius 3 is 2.56 bits per heavy atom. The van der Waals surface area contributed by atoms with Crippen LogP contribution in [0.15, 0.2) is 25.4 Å². The number of allylic oxidation sites excluding steroid dienone is 1. The molecule has 0 aliphatic carbocycles. The molecule has 0 saturated heterocycles. The van der Waals surface area contributed by atoms with Crippen molar-refractivity contribution in [3.63, 3.8) is 0 Å². The summed E-state index contributed by atoms with van der Waals surface area (Å²) in [5, 5.41) is 3.04. The van der Waals surface area contributed by atoms with E-state index in [1.165, 1.54) is 12.8 Å². The molecule has 0 aromatic heterocycles. The van der Waals surface area contributed by atoms with E-state index in [0.717, 1.165) is 13.0 Å². The molecule has 0 aromatic carbocycles. The zero-order valence-electron chi connectivity index (χ0n) is 5.90. The average Bonchev–Trinajstić information content (AvgIpc) is 1.89. The lowest BCUT2D eigenvalue weighted by Gasteiger charge is -1.96. The summed E-state index contributed by atoms with van der Waals surface area (Å²) in [5.74, 6) is 0. The second kappa shape index (κ2) is 7.28. The van der Waals surface area contributed by atoms with E-state index in [-0.39, 0.29) is 0 Å². The topological polar surface area (TPSA) is 12.0 Å². The molecule has 0 aromatic rings. The van der Waals surface area contributed by atoms with E-state index in [1.807, 2.05) is 6.08 Å². The lowest BCUT2D eigenvalue weighted by atomic mass is 10.2. The molecule has 0 fully saturated rings. The fourth-order valence-electron chi connectivity index (χ4n) is 0.618. The molecule has 1 N–H and O–H groups in total. The summed E-state index contributed by atoms with van der Waals surface area (Å²) in [6.07, 6.45) is 7.24. The Morgan fingerprint density at radius 1 is 1.22 bits per heavy atom. The van der Waals surface area contributed by atoms with Gasteiger partial charge in [0, 0.05) is 6.54 Å². The highest BCUT2D eigenvalue weighted by atomic mass is 14.8. The molecule has 0 aliphatic rings. The van der Waals surface area contributed by atoms with Gasteiger partial charge in [-0.1, -0.05) is 12.7 Å². The summed E-state index contributed by atoms with van der Waals surface area (Å²) in [7, 11) is 0. The lowest BCUT2D eigenvalue weighted by Crippen LogP contribution is -2.05. The van der Waals surface area contributed by atoms with Crippen LogP contribution in [0.25, 0.3) is 0 Å². The molecule has 0 heterocycles. The van der Waals surface area contributed by atoms with Crippen LogP contribution in [0.3, 0.4) is 0 Å². The Bertz CT molecular complexity index is 66.6. The van der Waals surface area contributed by atoms with E-state index in [0.29, 0.717) is 0 Å². The minimum absolute atomic E-state index is 1.04. The minimum atomic E-state index is 1.04. The Hall–Kier alpha value is -0.720. The number of hydrogen-bond donors (Lipinski definition) is 1. The van der Waals surface area contributed by atoms with Gasteiger partial charge in [-0.05, 0) is 25.5 Å². The Kier molecular flexibility index (Phi) is 6.70. The van der Waals surface area contributed by atoms with Crippen molar-refractivity contribution in [2.45, 2.75) is 19.3 Å². The Morgan fingerprint density at radius 2 is 2.00 bits per heavy atom. The summed E-state index contributed by atoms with van der Waals surface area (Å²) < 4.78 is 0. The van der Waals surface area contributed by atoms with E-state index >= 15 is 0 Å². The molecule has 0 atom stereocenters. The summed E-state index contributed by atoms with van der Waals surface area (Å²) in [6, 6.07) is 0. The summed E-state index contributed by atoms with van der Waals surface area (Å²) in [5.41, 5.74) is 0. The normalized spacial score (nSPS) is 8.44. The van der Waals surface area contributed by atoms with Crippen LogP contribution in [0.4, 0.5) is 0 Å². The van der Waals surface area contributed by atoms with Gasteiger partial charge in [-0.25, -0.2) is 0 Å². The molecule has 9 heavy (non-hydrogen) atoms. The van der Waals surface area contributed by atoms with E-state index in [9.17, 15) is 0 Å². The van der Waals surface area contributed by atoms with E-state index in [1.54, 1.807) is 6.20 Å². The van der Waals surface area contributed by atoms with Gasteiger partial charge in [0.2, 0.25) is 0 Å². The number of nitrogens with one attached hydrogen (secondary N) is 1. The fourth-order valence-corrected chi connectivity index (χ4v) is 0.618. The molecule has 0 spiro atoms. The molecule has 0 rings (SSSR count). The second-order valence-electron chi connectivity index (χ2n) is 1.94. The summed E-state index contributed by atoms with van der Waals surface area (Å²) in [4.78, 5) is 0. The standard InChI is InChI=1S/C8H15N/c1-3-5-6-7-8-9-4-2/h3-4,9H,1-2,5-8H2. The van der Waals surface area contributed by atoms with Crippen molar-refractivity contribution in [3.8, 4) is 0 Å². The first-order chi connectivity index (χ1) is 4.41. The summed E-state index contributed by atoms with van der Waals surface area (Å²) >= 11 is 0. The van der Waals surface area contributed by atoms with Crippen molar-refractivity contribution in [1.82, 2.24) is 5.32 Å². The maximum atomic E-state index is 3.64. The quantitative estimate of drug-likeness (QED) is 0.423. The van der Waals surface area contributed by atoms with Crippen LogP contribution in [-0.4, -0.2) is 6.54 Å². The van der Waals surface area contributed by atoms with Crippen LogP contribution < -0.4 is 5.32 Å². The molecule has 0 amide bonds. The first-order valence-corrected chi connectivity index (χ1v) is 3.37. The molecular weight excluding hydrogens is 110 g/mol. The maximum Gasteiger partial charge on any atom is 0.0141 e. The van der Waals surface area contributed by atoms with Gasteiger partial charge in [-0.3, -0.25) is 0 Å². The number of unbranched alkanes of at least 4 members (excludes halogenated alkanes) is 2. The minimum Gasteiger partial charge on any atom is -0.391 e. The third-order valence-corrected chi connectivity index (χ3v) is 1.12. The van der Waals surface area contributed by atoms with Gasteiger partial charge in [0.05, 0.1) is 0 Å². The van der Waals surface area contributed by atoms with Crippen LogP contribution in [0.5, 0.6) is 0 Å². The monoisotopic (exact) mass is 125 g/mol. The van der Waals surface area contributed by atoms with Gasteiger partial charge in [-0.15, -0.1) is 6.58 Å². The average molecular weight is 125 g/mol. The number of hydrogen-bond acceptors (Lipinski definition) is 1. The first-order valence-electron chi connectivity index (χ1n) is 3.37. The van der Waals surface area contributed by atoms with E-state index in [4.69, 9.17) is 0 Å². The van der Waals surface area contributed by atoms with Gasteiger partial charge in [-0.2, -0.15) is 0 Å². The Labute approximate surface area is 57.5 Å². The molecule has 0 aliphatic heterocycles. The molecule has 0 saturated carbocycles. The van der Waals surface area contributed by atoms with Gasteiger partial charge < -0.3 is 5.32 Å². The van der Waals surface area contributed by atoms with E-state index < -0.39 is 0 Å². The van der Waals surface area contributed by atoms with Gasteiger partial charge in [0.15, 0.2) is 0 Å². The molecule has 52 valence electrons. The highest BCUT2D eigenvalue weighted by Crippen LogP contribution is 1.92. The van der Waals surface area contributed by atoms with Gasteiger partial charge in [0.25, 0.3) is 0 Å². The van der Waals surface area contributed by atoms with Crippen LogP contribution in [0.2, 0.25) is 0 Å². The van der Waals surface area contributed by atoms with E-state index in [2.05, 4.69) is 18.5 Å². The molecular formula is C8H15N. The fraction of sp³-hybridized carbons (Fsp3) is 0.500. The van der Waals surface area contributed by atoms with Crippen LogP contribution >= 0.6 is 0 Å². The maximum absolute atomic E-state index is 3.64. The zero-order chi connectivity index (χ0) is 6.95. The highest BCUT2D eigenvalue weighted by molar-refractivity contribution is 4.67. The predicted molar refractivity (Wildman–Crippen MR) is 42.2 cm³/mol. The van der Waals surface area contributed by atoms with Crippen molar-refractivity contribution >= 4 is 0 Å². The van der Waals surface area contributed by atoms with Crippen LogP contribution in [-0.2, 0) is 0 Å². The zero-order valence-corrected chi connectivity index (χ0v) is 5.90. The van der Waals surface area contributed by atoms with Crippen molar-refractivity contribution in [3.05, 3.63) is 25.4 Å². The largest absolute Gasteiger partial charge is 0.391 e. The molecule has 0 bridgehead atoms. The number of rotatable bonds is 6. The van der Waals surface area contributed by atoms with Gasteiger partial charge >= 0.3 is 0 Å². The highest BCUT2D eigenvalue weighted by Gasteiger charge is 1.81. The van der Waals surface area contributed by atoms with Crippen LogP contribution in [0.1, 0.15) is 19.3 Å². The molecule has 0 unspecified atom stereocenters. The van der Waals surface area contributed by atoms with Crippen molar-refractivity contribution < 1.29 is 0 Å². The smallest absolute Gasteiger partial charge is 0.0141 e. The van der Waals surface area contributed by atoms with Crippen LogP contribution in [0, 0.1) is 0 Å². The molecule has 0 radical (unpaired) electrons. The predicted octanol–water partition coefficient (Wildman–Crippen LogP) is 2.08. The van der Waals surface area contributed by atoms with Crippen molar-refractivity contribution in [2.75, 3.05) is 6.54 Å². The third kappa shape index (κ3) is 7.28.